The highest BCUT2D eigenvalue weighted by Crippen LogP contribution is 2.12. The molecule has 1 aromatic carbocycles. The maximum atomic E-state index is 11.5. The normalized spacial score (nSPS) is 9.70. The minimum Gasteiger partial charge on any atom is -0.494 e. The maximum Gasteiger partial charge on any atom is 0.543 e. The molecular weight excluding hydrogens is 268 g/mol. The Hall–Kier alpha value is -2.28. The van der Waals surface area contributed by atoms with Crippen LogP contribution in [0.15, 0.2) is 24.3 Å². The second-order valence-electron chi connectivity index (χ2n) is 3.58. The van der Waals surface area contributed by atoms with E-state index in [2.05, 4.69) is 19.6 Å². The molecular formula is C13H16O7. The molecule has 7 heteroatoms. The topological polar surface area (TPSA) is 80.3 Å². The molecule has 1 rings (SSSR count). The Morgan fingerprint density at radius 2 is 1.75 bits per heavy atom. The molecule has 0 spiro atoms. The number of carbonyl (C=O) groups is 2. The number of hydrogen-bond donors (Lipinski definition) is 0. The minimum atomic E-state index is -1.08. The lowest BCUT2D eigenvalue weighted by molar-refractivity contribution is -0.452. The van der Waals surface area contributed by atoms with Crippen molar-refractivity contribution in [3.8, 4) is 5.75 Å². The highest BCUT2D eigenvalue weighted by Gasteiger charge is 2.11. The van der Waals surface area contributed by atoms with Crippen molar-refractivity contribution in [3.63, 3.8) is 0 Å². The number of benzene rings is 1. The molecule has 0 saturated carbocycles. The van der Waals surface area contributed by atoms with Gasteiger partial charge in [-0.15, -0.1) is 0 Å². The Balaban J connectivity index is 2.33. The summed E-state index contributed by atoms with van der Waals surface area (Å²) < 4.78 is 9.75. The monoisotopic (exact) mass is 284 g/mol. The van der Waals surface area contributed by atoms with Gasteiger partial charge in [-0.2, -0.15) is 0 Å². The molecule has 0 unspecified atom stereocenters. The number of ether oxygens (including phenoxy) is 2. The molecule has 20 heavy (non-hydrogen) atoms. The van der Waals surface area contributed by atoms with Gasteiger partial charge in [-0.3, -0.25) is 4.89 Å². The van der Waals surface area contributed by atoms with Crippen LogP contribution < -0.4 is 4.74 Å². The third-order valence-electron chi connectivity index (χ3n) is 2.04. The average Bonchev–Trinajstić information content (AvgIpc) is 2.46. The molecule has 0 atom stereocenters. The largest absolute Gasteiger partial charge is 0.543 e. The van der Waals surface area contributed by atoms with Crippen LogP contribution in [0.4, 0.5) is 4.79 Å². The van der Waals surface area contributed by atoms with Gasteiger partial charge < -0.3 is 9.47 Å². The smallest absolute Gasteiger partial charge is 0.494 e. The first-order chi connectivity index (χ1) is 9.67. The molecule has 0 radical (unpaired) electrons. The SMILES string of the molecule is CCCOC(=O)OOOC(=O)c1ccc(OCC)cc1. The molecule has 0 bridgehead atoms. The van der Waals surface area contributed by atoms with E-state index in [1.54, 1.807) is 12.1 Å². The molecule has 0 aromatic heterocycles. The van der Waals surface area contributed by atoms with Crippen molar-refractivity contribution in [2.75, 3.05) is 13.2 Å². The zero-order chi connectivity index (χ0) is 14.8. The van der Waals surface area contributed by atoms with Crippen molar-refractivity contribution in [2.24, 2.45) is 0 Å². The molecule has 0 fully saturated rings. The van der Waals surface area contributed by atoms with Crippen molar-refractivity contribution in [1.29, 1.82) is 0 Å². The lowest BCUT2D eigenvalue weighted by atomic mass is 10.2. The van der Waals surface area contributed by atoms with Gasteiger partial charge >= 0.3 is 12.1 Å². The van der Waals surface area contributed by atoms with Gasteiger partial charge in [0.25, 0.3) is 0 Å². The first kappa shape index (κ1) is 15.8. The predicted octanol–water partition coefficient (Wildman–Crippen LogP) is 2.65. The highest BCUT2D eigenvalue weighted by atomic mass is 17.5. The van der Waals surface area contributed by atoms with Crippen LogP contribution in [0.1, 0.15) is 30.6 Å². The van der Waals surface area contributed by atoms with E-state index in [0.717, 1.165) is 0 Å². The summed E-state index contributed by atoms with van der Waals surface area (Å²) in [4.78, 5) is 30.7. The van der Waals surface area contributed by atoms with Crippen molar-refractivity contribution in [2.45, 2.75) is 20.3 Å². The molecule has 0 heterocycles. The van der Waals surface area contributed by atoms with E-state index in [-0.39, 0.29) is 12.2 Å². The maximum absolute atomic E-state index is 11.5. The van der Waals surface area contributed by atoms with E-state index in [4.69, 9.17) is 4.74 Å². The van der Waals surface area contributed by atoms with E-state index < -0.39 is 12.1 Å². The Morgan fingerprint density at radius 1 is 1.05 bits per heavy atom. The summed E-state index contributed by atoms with van der Waals surface area (Å²) >= 11 is 0. The summed E-state index contributed by atoms with van der Waals surface area (Å²) in [6.07, 6.45) is -0.438. The number of hydrogen-bond acceptors (Lipinski definition) is 7. The molecule has 110 valence electrons. The van der Waals surface area contributed by atoms with Gasteiger partial charge in [0.1, 0.15) is 5.75 Å². The third-order valence-corrected chi connectivity index (χ3v) is 2.04. The molecule has 7 nitrogen and oxygen atoms in total. The van der Waals surface area contributed by atoms with E-state index in [0.29, 0.717) is 18.8 Å². The molecule has 0 aliphatic carbocycles. The van der Waals surface area contributed by atoms with Gasteiger partial charge in [0.2, 0.25) is 0 Å². The summed E-state index contributed by atoms with van der Waals surface area (Å²) in [6.45, 7) is 4.39. The molecule has 0 aliphatic rings. The summed E-state index contributed by atoms with van der Waals surface area (Å²) in [7, 11) is 0. The van der Waals surface area contributed by atoms with Crippen molar-refractivity contribution >= 4 is 12.1 Å². The quantitative estimate of drug-likeness (QED) is 0.432. The second kappa shape index (κ2) is 8.76. The van der Waals surface area contributed by atoms with Crippen LogP contribution in [0.25, 0.3) is 0 Å². The highest BCUT2D eigenvalue weighted by molar-refractivity contribution is 5.89. The lowest BCUT2D eigenvalue weighted by Crippen LogP contribution is -2.12. The Labute approximate surface area is 116 Å². The van der Waals surface area contributed by atoms with Crippen LogP contribution in [-0.4, -0.2) is 25.3 Å². The van der Waals surface area contributed by atoms with Gasteiger partial charge in [-0.1, -0.05) is 6.92 Å². The second-order valence-corrected chi connectivity index (χ2v) is 3.58. The third kappa shape index (κ3) is 5.57. The summed E-state index contributed by atoms with van der Waals surface area (Å²) in [5.74, 6) is -0.180. The van der Waals surface area contributed by atoms with Gasteiger partial charge in [-0.25, -0.2) is 14.5 Å². The van der Waals surface area contributed by atoms with Gasteiger partial charge in [0.15, 0.2) is 0 Å². The average molecular weight is 284 g/mol. The van der Waals surface area contributed by atoms with Crippen LogP contribution in [0, 0.1) is 0 Å². The van der Waals surface area contributed by atoms with Gasteiger partial charge in [-0.05, 0) is 37.6 Å². The fourth-order valence-corrected chi connectivity index (χ4v) is 1.19. The Morgan fingerprint density at radius 3 is 2.35 bits per heavy atom. The first-order valence-electron chi connectivity index (χ1n) is 6.12. The number of rotatable bonds is 7. The van der Waals surface area contributed by atoms with Crippen molar-refractivity contribution in [3.05, 3.63) is 29.8 Å². The molecule has 0 saturated heterocycles. The summed E-state index contributed by atoms with van der Waals surface area (Å²) in [5.41, 5.74) is 0.221. The van der Waals surface area contributed by atoms with Crippen LogP contribution in [0.2, 0.25) is 0 Å². The van der Waals surface area contributed by atoms with Crippen LogP contribution >= 0.6 is 0 Å². The minimum absolute atomic E-state index is 0.190. The Bertz CT molecular complexity index is 427. The lowest BCUT2D eigenvalue weighted by Gasteiger charge is -2.04. The van der Waals surface area contributed by atoms with E-state index in [1.807, 2.05) is 13.8 Å². The molecule has 0 amide bonds. The zero-order valence-corrected chi connectivity index (χ0v) is 11.3. The summed E-state index contributed by atoms with van der Waals surface area (Å²) in [6, 6.07) is 6.20. The van der Waals surface area contributed by atoms with E-state index in [1.165, 1.54) is 12.1 Å². The van der Waals surface area contributed by atoms with Crippen LogP contribution in [0.5, 0.6) is 5.75 Å². The van der Waals surface area contributed by atoms with E-state index in [9.17, 15) is 9.59 Å². The predicted molar refractivity (Wildman–Crippen MR) is 66.8 cm³/mol. The fraction of sp³-hybridized carbons (Fsp3) is 0.385. The van der Waals surface area contributed by atoms with Gasteiger partial charge in [0.05, 0.1) is 23.8 Å². The van der Waals surface area contributed by atoms with Crippen molar-refractivity contribution < 1.29 is 33.9 Å². The standard InChI is InChI=1S/C13H16O7/c1-3-9-17-13(15)19-20-18-12(14)10-5-7-11(8-6-10)16-4-2/h5-8H,3-4,9H2,1-2H3. The summed E-state index contributed by atoms with van der Waals surface area (Å²) in [5, 5.41) is 4.03. The van der Waals surface area contributed by atoms with Crippen LogP contribution in [0.3, 0.4) is 0 Å². The van der Waals surface area contributed by atoms with Gasteiger partial charge in [0, 0.05) is 0 Å². The first-order valence-corrected chi connectivity index (χ1v) is 6.12. The van der Waals surface area contributed by atoms with Crippen molar-refractivity contribution in [1.82, 2.24) is 0 Å². The molecule has 0 aliphatic heterocycles. The Kier molecular flexibility index (Phi) is 6.91. The molecule has 0 N–H and O–H groups in total. The van der Waals surface area contributed by atoms with Crippen LogP contribution in [-0.2, 0) is 19.6 Å². The molecule has 1 aromatic rings. The zero-order valence-electron chi connectivity index (χ0n) is 11.3. The van der Waals surface area contributed by atoms with E-state index >= 15 is 0 Å². The fourth-order valence-electron chi connectivity index (χ4n) is 1.19. The number of carbonyl (C=O) groups excluding carboxylic acids is 2.